The zero-order valence-electron chi connectivity index (χ0n) is 11.6. The number of aryl methyl sites for hydroxylation is 1. The third-order valence-electron chi connectivity index (χ3n) is 3.65. The lowest BCUT2D eigenvalue weighted by molar-refractivity contribution is 0.608. The number of nitrogens with two attached hydrogens (primary N) is 1. The minimum Gasteiger partial charge on any atom is -0.331 e. The van der Waals surface area contributed by atoms with Crippen LogP contribution in [0.3, 0.4) is 0 Å². The number of rotatable bonds is 3. The smallest absolute Gasteiger partial charge is 0.137 e. The van der Waals surface area contributed by atoms with Gasteiger partial charge in [-0.3, -0.25) is 0 Å². The monoisotopic (exact) mass is 347 g/mol. The summed E-state index contributed by atoms with van der Waals surface area (Å²) in [6.45, 7) is 0. The van der Waals surface area contributed by atoms with Gasteiger partial charge in [-0.25, -0.2) is 9.37 Å². The highest BCUT2D eigenvalue weighted by Crippen LogP contribution is 2.23. The van der Waals surface area contributed by atoms with Crippen molar-refractivity contribution in [3.05, 3.63) is 64.1 Å². The van der Waals surface area contributed by atoms with Crippen LogP contribution in [0.15, 0.2) is 46.9 Å². The Hall–Kier alpha value is -1.72. The Bertz CT molecular complexity index is 797. The maximum atomic E-state index is 13.6. The van der Waals surface area contributed by atoms with E-state index in [9.17, 15) is 4.39 Å². The summed E-state index contributed by atoms with van der Waals surface area (Å²) in [7, 11) is 1.97. The van der Waals surface area contributed by atoms with Crippen LogP contribution in [0.5, 0.6) is 0 Å². The first kappa shape index (κ1) is 14.2. The first-order valence-corrected chi connectivity index (χ1v) is 7.46. The van der Waals surface area contributed by atoms with Crippen LogP contribution in [0.2, 0.25) is 0 Å². The molecule has 0 fully saturated rings. The van der Waals surface area contributed by atoms with E-state index in [1.165, 1.54) is 6.07 Å². The van der Waals surface area contributed by atoms with Crippen molar-refractivity contribution in [2.45, 2.75) is 12.5 Å². The molecule has 1 unspecified atom stereocenters. The van der Waals surface area contributed by atoms with Gasteiger partial charge >= 0.3 is 0 Å². The molecule has 0 aliphatic rings. The maximum absolute atomic E-state index is 13.6. The summed E-state index contributed by atoms with van der Waals surface area (Å²) in [6, 6.07) is 12.6. The second kappa shape index (κ2) is 5.58. The molecule has 2 aromatic carbocycles. The van der Waals surface area contributed by atoms with Crippen LogP contribution in [0, 0.1) is 5.82 Å². The van der Waals surface area contributed by atoms with E-state index >= 15 is 0 Å². The van der Waals surface area contributed by atoms with Crippen LogP contribution in [0.25, 0.3) is 11.0 Å². The Kier molecular flexibility index (Phi) is 3.78. The minimum atomic E-state index is -0.298. The van der Waals surface area contributed by atoms with Gasteiger partial charge in [0.25, 0.3) is 0 Å². The van der Waals surface area contributed by atoms with E-state index in [-0.39, 0.29) is 11.9 Å². The second-order valence-electron chi connectivity index (χ2n) is 5.06. The Morgan fingerprint density at radius 2 is 2.05 bits per heavy atom. The SMILES string of the molecule is Cn1c(CC(N)c2ccc(Br)c(F)c2)nc2ccccc21. The predicted molar refractivity (Wildman–Crippen MR) is 85.4 cm³/mol. The van der Waals surface area contributed by atoms with Crippen LogP contribution in [0.4, 0.5) is 4.39 Å². The van der Waals surface area contributed by atoms with Crippen LogP contribution in [-0.2, 0) is 13.5 Å². The number of hydrogen-bond donors (Lipinski definition) is 1. The van der Waals surface area contributed by atoms with Crippen molar-refractivity contribution in [2.75, 3.05) is 0 Å². The summed E-state index contributed by atoms with van der Waals surface area (Å²) in [4.78, 5) is 4.60. The Labute approximate surface area is 130 Å². The quantitative estimate of drug-likeness (QED) is 0.784. The first-order valence-electron chi connectivity index (χ1n) is 6.67. The molecule has 5 heteroatoms. The summed E-state index contributed by atoms with van der Waals surface area (Å²) >= 11 is 3.15. The molecule has 1 heterocycles. The van der Waals surface area contributed by atoms with Gasteiger partial charge in [0.2, 0.25) is 0 Å². The second-order valence-corrected chi connectivity index (χ2v) is 5.91. The van der Waals surface area contributed by atoms with Crippen LogP contribution < -0.4 is 5.73 Å². The lowest BCUT2D eigenvalue weighted by Gasteiger charge is -2.12. The number of nitrogens with zero attached hydrogens (tertiary/aromatic N) is 2. The molecule has 0 amide bonds. The molecule has 0 radical (unpaired) electrons. The van der Waals surface area contributed by atoms with Crippen LogP contribution >= 0.6 is 15.9 Å². The molecule has 3 rings (SSSR count). The van der Waals surface area contributed by atoms with Gasteiger partial charge in [-0.15, -0.1) is 0 Å². The zero-order valence-corrected chi connectivity index (χ0v) is 13.1. The fourth-order valence-electron chi connectivity index (χ4n) is 2.44. The van der Waals surface area contributed by atoms with Crippen molar-refractivity contribution >= 4 is 27.0 Å². The highest BCUT2D eigenvalue weighted by atomic mass is 79.9. The molecule has 3 aromatic rings. The fraction of sp³-hybridized carbons (Fsp3) is 0.188. The lowest BCUT2D eigenvalue weighted by Crippen LogP contribution is -2.16. The molecule has 108 valence electrons. The highest BCUT2D eigenvalue weighted by Gasteiger charge is 2.14. The van der Waals surface area contributed by atoms with Crippen LogP contribution in [0.1, 0.15) is 17.4 Å². The number of benzene rings is 2. The fourth-order valence-corrected chi connectivity index (χ4v) is 2.68. The number of para-hydroxylation sites is 2. The molecule has 0 saturated heterocycles. The lowest BCUT2D eigenvalue weighted by atomic mass is 10.0. The highest BCUT2D eigenvalue weighted by molar-refractivity contribution is 9.10. The van der Waals surface area contributed by atoms with E-state index in [1.54, 1.807) is 6.07 Å². The number of halogens is 2. The summed E-state index contributed by atoms with van der Waals surface area (Å²) < 4.78 is 16.1. The molecule has 0 saturated carbocycles. The zero-order chi connectivity index (χ0) is 15.0. The Morgan fingerprint density at radius 3 is 2.76 bits per heavy atom. The Morgan fingerprint density at radius 1 is 1.29 bits per heavy atom. The average molecular weight is 348 g/mol. The summed E-state index contributed by atoms with van der Waals surface area (Å²) in [5.74, 6) is 0.597. The third kappa shape index (κ3) is 2.71. The van der Waals surface area contributed by atoms with Crippen LogP contribution in [-0.4, -0.2) is 9.55 Å². The molecule has 2 N–H and O–H groups in total. The van der Waals surface area contributed by atoms with Crippen molar-refractivity contribution in [3.63, 3.8) is 0 Å². The van der Waals surface area contributed by atoms with E-state index in [4.69, 9.17) is 5.73 Å². The number of fused-ring (bicyclic) bond motifs is 1. The largest absolute Gasteiger partial charge is 0.331 e. The van der Waals surface area contributed by atoms with E-state index in [1.807, 2.05) is 41.9 Å². The normalized spacial score (nSPS) is 12.8. The van der Waals surface area contributed by atoms with E-state index in [0.29, 0.717) is 10.9 Å². The van der Waals surface area contributed by atoms with E-state index in [0.717, 1.165) is 22.4 Å². The number of hydrogen-bond acceptors (Lipinski definition) is 2. The van der Waals surface area contributed by atoms with Crippen molar-refractivity contribution in [2.24, 2.45) is 12.8 Å². The van der Waals surface area contributed by atoms with Crippen molar-refractivity contribution in [1.29, 1.82) is 0 Å². The minimum absolute atomic E-state index is 0.289. The van der Waals surface area contributed by atoms with E-state index in [2.05, 4.69) is 20.9 Å². The molecule has 1 atom stereocenters. The van der Waals surface area contributed by atoms with Gasteiger partial charge in [0.15, 0.2) is 0 Å². The number of aromatic nitrogens is 2. The summed E-state index contributed by atoms with van der Waals surface area (Å²) in [6.07, 6.45) is 0.562. The molecular formula is C16H15BrFN3. The number of imidazole rings is 1. The topological polar surface area (TPSA) is 43.8 Å². The van der Waals surface area contributed by atoms with Gasteiger partial charge in [0.1, 0.15) is 11.6 Å². The standard InChI is InChI=1S/C16H15BrFN3/c1-21-15-5-3-2-4-14(15)20-16(21)9-13(19)10-6-7-11(17)12(18)8-10/h2-8,13H,9,19H2,1H3. The van der Waals surface area contributed by atoms with Gasteiger partial charge < -0.3 is 10.3 Å². The van der Waals surface area contributed by atoms with Gasteiger partial charge in [0.05, 0.1) is 15.5 Å². The van der Waals surface area contributed by atoms with E-state index < -0.39 is 0 Å². The summed E-state index contributed by atoms with van der Waals surface area (Å²) in [5.41, 5.74) is 8.99. The molecule has 0 aliphatic carbocycles. The van der Waals surface area contributed by atoms with Crippen molar-refractivity contribution < 1.29 is 4.39 Å². The van der Waals surface area contributed by atoms with Gasteiger partial charge in [-0.1, -0.05) is 18.2 Å². The van der Waals surface area contributed by atoms with Crippen molar-refractivity contribution in [3.8, 4) is 0 Å². The molecule has 0 aliphatic heterocycles. The molecule has 0 bridgehead atoms. The molecule has 21 heavy (non-hydrogen) atoms. The summed E-state index contributed by atoms with van der Waals surface area (Å²) in [5, 5.41) is 0. The predicted octanol–water partition coefficient (Wildman–Crippen LogP) is 3.72. The first-order chi connectivity index (χ1) is 10.1. The third-order valence-corrected chi connectivity index (χ3v) is 4.30. The molecule has 1 aromatic heterocycles. The van der Waals surface area contributed by atoms with Gasteiger partial charge in [0, 0.05) is 19.5 Å². The molecule has 0 spiro atoms. The average Bonchev–Trinajstić information content (AvgIpc) is 2.79. The Balaban J connectivity index is 1.90. The molecular weight excluding hydrogens is 333 g/mol. The van der Waals surface area contributed by atoms with Gasteiger partial charge in [-0.05, 0) is 45.8 Å². The molecule has 3 nitrogen and oxygen atoms in total. The van der Waals surface area contributed by atoms with Gasteiger partial charge in [-0.2, -0.15) is 0 Å². The van der Waals surface area contributed by atoms with Crippen molar-refractivity contribution in [1.82, 2.24) is 9.55 Å². The maximum Gasteiger partial charge on any atom is 0.137 e.